The molecule has 1 aliphatic rings. The fourth-order valence-corrected chi connectivity index (χ4v) is 2.62. The van der Waals surface area contributed by atoms with Crippen molar-refractivity contribution in [2.75, 3.05) is 0 Å². The lowest BCUT2D eigenvalue weighted by molar-refractivity contribution is 0.103. The molecule has 1 nitrogen and oxygen atoms in total. The Morgan fingerprint density at radius 1 is 1.05 bits per heavy atom. The maximum absolute atomic E-state index is 14.6. The second-order valence-corrected chi connectivity index (χ2v) is 5.15. The molecule has 2 aromatic carbocycles. The van der Waals surface area contributed by atoms with E-state index in [-0.39, 0.29) is 11.6 Å². The van der Waals surface area contributed by atoms with Crippen LogP contribution in [-0.2, 0) is 6.42 Å². The molecule has 0 heterocycles. The second kappa shape index (κ2) is 5.04. The second-order valence-electron chi connectivity index (χ2n) is 5.15. The highest BCUT2D eigenvalue weighted by Gasteiger charge is 2.24. The third-order valence-electron chi connectivity index (χ3n) is 3.72. The van der Waals surface area contributed by atoms with Crippen molar-refractivity contribution >= 4 is 11.6 Å². The Balaban J connectivity index is 2.07. The summed E-state index contributed by atoms with van der Waals surface area (Å²) >= 11 is 0. The minimum Gasteiger partial charge on any atom is -0.289 e. The summed E-state index contributed by atoms with van der Waals surface area (Å²) in [5.41, 5.74) is 3.42. The van der Waals surface area contributed by atoms with Gasteiger partial charge in [-0.25, -0.2) is 4.39 Å². The Kier molecular flexibility index (Phi) is 3.23. The summed E-state index contributed by atoms with van der Waals surface area (Å²) in [4.78, 5) is 12.4. The first kappa shape index (κ1) is 12.8. The highest BCUT2D eigenvalue weighted by Crippen LogP contribution is 2.34. The van der Waals surface area contributed by atoms with Crippen LogP contribution >= 0.6 is 0 Å². The lowest BCUT2D eigenvalue weighted by atomic mass is 9.87. The minimum absolute atomic E-state index is 0.199. The molecule has 0 atom stereocenters. The van der Waals surface area contributed by atoms with Crippen LogP contribution in [0.4, 0.5) is 4.39 Å². The minimum atomic E-state index is -0.358. The summed E-state index contributed by atoms with van der Waals surface area (Å²) < 4.78 is 14.6. The topological polar surface area (TPSA) is 17.1 Å². The van der Waals surface area contributed by atoms with Crippen LogP contribution in [0, 0.1) is 6.92 Å². The highest BCUT2D eigenvalue weighted by atomic mass is 19.1. The van der Waals surface area contributed by atoms with Gasteiger partial charge in [0.05, 0.1) is 0 Å². The van der Waals surface area contributed by atoms with Crippen molar-refractivity contribution in [1.82, 2.24) is 0 Å². The first-order chi connectivity index (χ1) is 9.66. The maximum Gasteiger partial charge on any atom is 0.191 e. The maximum atomic E-state index is 14.6. The molecule has 0 aliphatic heterocycles. The Morgan fingerprint density at radius 2 is 1.80 bits per heavy atom. The van der Waals surface area contributed by atoms with Gasteiger partial charge < -0.3 is 0 Å². The van der Waals surface area contributed by atoms with Crippen molar-refractivity contribution in [3.8, 4) is 0 Å². The van der Waals surface area contributed by atoms with Crippen LogP contribution in [0.25, 0.3) is 5.83 Å². The third kappa shape index (κ3) is 2.18. The molecule has 0 saturated heterocycles. The van der Waals surface area contributed by atoms with Crippen LogP contribution in [0.5, 0.6) is 0 Å². The first-order valence-corrected chi connectivity index (χ1v) is 6.75. The number of hydrogen-bond acceptors (Lipinski definition) is 1. The van der Waals surface area contributed by atoms with Crippen molar-refractivity contribution in [2.45, 2.75) is 19.8 Å². The van der Waals surface area contributed by atoms with Gasteiger partial charge in [-0.3, -0.25) is 4.79 Å². The Bertz CT molecular complexity index is 699. The van der Waals surface area contributed by atoms with Gasteiger partial charge in [-0.2, -0.15) is 0 Å². The third-order valence-corrected chi connectivity index (χ3v) is 3.72. The molecule has 0 N–H and O–H groups in total. The van der Waals surface area contributed by atoms with E-state index in [1.807, 2.05) is 31.2 Å². The van der Waals surface area contributed by atoms with Crippen LogP contribution in [0.2, 0.25) is 0 Å². The predicted molar refractivity (Wildman–Crippen MR) is 78.3 cm³/mol. The zero-order chi connectivity index (χ0) is 14.1. The number of carbonyl (C=O) groups is 1. The van der Waals surface area contributed by atoms with E-state index in [4.69, 9.17) is 0 Å². The predicted octanol–water partition coefficient (Wildman–Crippen LogP) is 4.50. The number of aryl methyl sites for hydroxylation is 2. The van der Waals surface area contributed by atoms with E-state index in [1.165, 1.54) is 0 Å². The van der Waals surface area contributed by atoms with E-state index in [0.717, 1.165) is 17.5 Å². The number of hydrogen-bond donors (Lipinski definition) is 0. The van der Waals surface area contributed by atoms with Gasteiger partial charge in [-0.15, -0.1) is 0 Å². The molecule has 0 unspecified atom stereocenters. The van der Waals surface area contributed by atoms with E-state index in [2.05, 4.69) is 0 Å². The molecule has 0 fully saturated rings. The summed E-state index contributed by atoms with van der Waals surface area (Å²) in [6.45, 7) is 1.93. The summed E-state index contributed by atoms with van der Waals surface area (Å²) in [5, 5.41) is 0. The number of halogens is 1. The molecule has 0 aromatic heterocycles. The number of fused-ring (bicyclic) bond motifs is 1. The Morgan fingerprint density at radius 3 is 2.55 bits per heavy atom. The Labute approximate surface area is 117 Å². The Hall–Kier alpha value is -2.22. The van der Waals surface area contributed by atoms with Crippen LogP contribution in [-0.4, -0.2) is 5.78 Å². The van der Waals surface area contributed by atoms with Crippen molar-refractivity contribution in [3.63, 3.8) is 0 Å². The van der Waals surface area contributed by atoms with Crippen molar-refractivity contribution in [3.05, 3.63) is 76.4 Å². The first-order valence-electron chi connectivity index (χ1n) is 6.75. The van der Waals surface area contributed by atoms with E-state index >= 15 is 0 Å². The molecule has 20 heavy (non-hydrogen) atoms. The SMILES string of the molecule is Cc1ccc2c(c1)C(F)=C(C(=O)c1ccccc1)CC2. The van der Waals surface area contributed by atoms with Gasteiger partial charge in [-0.1, -0.05) is 48.0 Å². The van der Waals surface area contributed by atoms with Crippen molar-refractivity contribution < 1.29 is 9.18 Å². The monoisotopic (exact) mass is 266 g/mol. The number of ketones is 1. The van der Waals surface area contributed by atoms with Gasteiger partial charge in [0.15, 0.2) is 5.78 Å². The molecule has 1 aliphatic carbocycles. The van der Waals surface area contributed by atoms with Gasteiger partial charge in [-0.05, 0) is 31.4 Å². The molecule has 0 radical (unpaired) electrons. The molecule has 0 amide bonds. The molecule has 2 heteroatoms. The van der Waals surface area contributed by atoms with Gasteiger partial charge in [0.2, 0.25) is 0 Å². The molecule has 100 valence electrons. The zero-order valence-corrected chi connectivity index (χ0v) is 11.3. The fourth-order valence-electron chi connectivity index (χ4n) is 2.62. The van der Waals surface area contributed by atoms with E-state index in [0.29, 0.717) is 23.1 Å². The number of benzene rings is 2. The molecule has 0 bridgehead atoms. The quantitative estimate of drug-likeness (QED) is 0.731. The van der Waals surface area contributed by atoms with E-state index < -0.39 is 0 Å². The summed E-state index contributed by atoms with van der Waals surface area (Å²) in [7, 11) is 0. The molecule has 2 aromatic rings. The van der Waals surface area contributed by atoms with Crippen LogP contribution < -0.4 is 0 Å². The largest absolute Gasteiger partial charge is 0.289 e. The average Bonchev–Trinajstić information content (AvgIpc) is 2.48. The molecule has 0 spiro atoms. The zero-order valence-electron chi connectivity index (χ0n) is 11.3. The smallest absolute Gasteiger partial charge is 0.191 e. The van der Waals surface area contributed by atoms with Gasteiger partial charge >= 0.3 is 0 Å². The van der Waals surface area contributed by atoms with Crippen LogP contribution in [0.1, 0.15) is 33.5 Å². The molecule has 3 rings (SSSR count). The lowest BCUT2D eigenvalue weighted by Crippen LogP contribution is -2.11. The van der Waals surface area contributed by atoms with Gasteiger partial charge in [0, 0.05) is 16.7 Å². The van der Waals surface area contributed by atoms with Gasteiger partial charge in [0.25, 0.3) is 0 Å². The van der Waals surface area contributed by atoms with Crippen LogP contribution in [0.15, 0.2) is 54.1 Å². The summed E-state index contributed by atoms with van der Waals surface area (Å²) in [6, 6.07) is 14.7. The number of rotatable bonds is 2. The van der Waals surface area contributed by atoms with E-state index in [1.54, 1.807) is 24.3 Å². The average molecular weight is 266 g/mol. The molecular formula is C18H15FO. The van der Waals surface area contributed by atoms with Gasteiger partial charge in [0.1, 0.15) is 5.83 Å². The molecule has 0 saturated carbocycles. The summed E-state index contributed by atoms with van der Waals surface area (Å²) in [5.74, 6) is -0.556. The number of Topliss-reactive ketones (excluding diaryl/α,β-unsaturated/α-hetero) is 1. The summed E-state index contributed by atoms with van der Waals surface area (Å²) in [6.07, 6.45) is 1.19. The van der Waals surface area contributed by atoms with Crippen LogP contribution in [0.3, 0.4) is 0 Å². The molecular weight excluding hydrogens is 251 g/mol. The number of allylic oxidation sites excluding steroid dienone is 1. The van der Waals surface area contributed by atoms with Crippen molar-refractivity contribution in [1.29, 1.82) is 0 Å². The van der Waals surface area contributed by atoms with E-state index in [9.17, 15) is 9.18 Å². The lowest BCUT2D eigenvalue weighted by Gasteiger charge is -2.18. The normalized spacial score (nSPS) is 14.1. The highest BCUT2D eigenvalue weighted by molar-refractivity contribution is 6.12. The standard InChI is InChI=1S/C18H15FO/c1-12-7-8-13-9-10-15(17(19)16(13)11-12)18(20)14-5-3-2-4-6-14/h2-8,11H,9-10H2,1H3. The fraction of sp³-hybridized carbons (Fsp3) is 0.167. The number of carbonyl (C=O) groups excluding carboxylic acids is 1. The van der Waals surface area contributed by atoms with Crippen molar-refractivity contribution in [2.24, 2.45) is 0 Å².